The predicted molar refractivity (Wildman–Crippen MR) is 105 cm³/mol. The van der Waals surface area contributed by atoms with Crippen LogP contribution in [0.15, 0.2) is 12.7 Å². The van der Waals surface area contributed by atoms with Gasteiger partial charge in [0.2, 0.25) is 0 Å². The molecule has 7 heteroatoms. The zero-order valence-electron chi connectivity index (χ0n) is 16.2. The van der Waals surface area contributed by atoms with Crippen LogP contribution in [0.4, 0.5) is 0 Å². The van der Waals surface area contributed by atoms with Crippen molar-refractivity contribution in [3.63, 3.8) is 0 Å². The molecule has 2 heterocycles. The third-order valence-corrected chi connectivity index (χ3v) is 7.29. The summed E-state index contributed by atoms with van der Waals surface area (Å²) in [7, 11) is 0. The highest BCUT2D eigenvalue weighted by Crippen LogP contribution is 2.38. The van der Waals surface area contributed by atoms with Gasteiger partial charge in [-0.25, -0.2) is 10.9 Å². The maximum Gasteiger partial charge on any atom is 0.162 e. The number of rotatable bonds is 8. The minimum Gasteiger partial charge on any atom is -0.304 e. The number of hydrazine groups is 1. The minimum absolute atomic E-state index is 0.0382. The van der Waals surface area contributed by atoms with Gasteiger partial charge in [0.05, 0.1) is 17.5 Å². The number of thioether (sulfide) groups is 1. The van der Waals surface area contributed by atoms with Crippen molar-refractivity contribution in [1.82, 2.24) is 21.1 Å². The highest BCUT2D eigenvalue weighted by atomic mass is 32.2. The number of nitrogens with one attached hydrogen (secondary N) is 3. The fraction of sp³-hybridized carbons (Fsp3) is 0.789. The summed E-state index contributed by atoms with van der Waals surface area (Å²) >= 11 is 1.64. The molecule has 6 nitrogen and oxygen atoms in total. The van der Waals surface area contributed by atoms with Crippen LogP contribution in [0.3, 0.4) is 0 Å². The van der Waals surface area contributed by atoms with Gasteiger partial charge >= 0.3 is 0 Å². The zero-order valence-corrected chi connectivity index (χ0v) is 17.0. The molecule has 0 spiro atoms. The molecule has 3 aliphatic rings. The molecule has 1 saturated carbocycles. The van der Waals surface area contributed by atoms with Crippen LogP contribution in [-0.2, 0) is 9.59 Å². The lowest BCUT2D eigenvalue weighted by atomic mass is 9.84. The van der Waals surface area contributed by atoms with E-state index in [0.29, 0.717) is 12.1 Å². The Morgan fingerprint density at radius 2 is 2.00 bits per heavy atom. The lowest BCUT2D eigenvalue weighted by Gasteiger charge is -2.29. The summed E-state index contributed by atoms with van der Waals surface area (Å²) < 4.78 is 0. The van der Waals surface area contributed by atoms with Crippen LogP contribution >= 0.6 is 11.8 Å². The topological polar surface area (TPSA) is 73.5 Å². The molecule has 0 amide bonds. The average molecular weight is 381 g/mol. The van der Waals surface area contributed by atoms with Crippen molar-refractivity contribution in [3.05, 3.63) is 12.7 Å². The Morgan fingerprint density at radius 3 is 2.54 bits per heavy atom. The van der Waals surface area contributed by atoms with E-state index in [-0.39, 0.29) is 46.2 Å². The molecule has 0 aromatic rings. The summed E-state index contributed by atoms with van der Waals surface area (Å²) in [5, 5.41) is 3.21. The lowest BCUT2D eigenvalue weighted by molar-refractivity contribution is -0.122. The first-order chi connectivity index (χ1) is 12.3. The number of hydrogen-bond acceptors (Lipinski definition) is 7. The highest BCUT2D eigenvalue weighted by Gasteiger charge is 2.46. The molecule has 0 aromatic heterocycles. The number of hydrogen-bond donors (Lipinski definition) is 3. The minimum atomic E-state index is -0.247. The highest BCUT2D eigenvalue weighted by molar-refractivity contribution is 8.01. The molecule has 7 unspecified atom stereocenters. The van der Waals surface area contributed by atoms with E-state index in [1.165, 1.54) is 12.8 Å². The van der Waals surface area contributed by atoms with E-state index in [1.54, 1.807) is 18.7 Å². The van der Waals surface area contributed by atoms with Gasteiger partial charge in [-0.3, -0.25) is 14.5 Å². The number of Topliss-reactive ketones (excluding diaryl/α,β-unsaturated/α-hetero) is 2. The van der Waals surface area contributed by atoms with E-state index in [4.69, 9.17) is 0 Å². The molecule has 1 aliphatic carbocycles. The summed E-state index contributed by atoms with van der Waals surface area (Å²) in [6.07, 6.45) is 4.75. The number of carbonyl (C=O) groups excluding carboxylic acids is 2. The smallest absolute Gasteiger partial charge is 0.162 e. The Balaban J connectivity index is 1.62. The second-order valence-electron chi connectivity index (χ2n) is 8.02. The van der Waals surface area contributed by atoms with Crippen molar-refractivity contribution >= 4 is 23.3 Å². The Kier molecular flexibility index (Phi) is 6.24. The van der Waals surface area contributed by atoms with Gasteiger partial charge in [-0.05, 0) is 45.4 Å². The van der Waals surface area contributed by atoms with Gasteiger partial charge in [0.15, 0.2) is 5.78 Å². The second kappa shape index (κ2) is 8.10. The van der Waals surface area contributed by atoms with Gasteiger partial charge in [-0.15, -0.1) is 18.3 Å². The van der Waals surface area contributed by atoms with Crippen LogP contribution in [-0.4, -0.2) is 52.0 Å². The van der Waals surface area contributed by atoms with Crippen molar-refractivity contribution in [2.24, 2.45) is 17.8 Å². The summed E-state index contributed by atoms with van der Waals surface area (Å²) in [6.45, 7) is 12.3. The number of nitrogens with zero attached hydrogens (tertiary/aromatic N) is 1. The summed E-state index contributed by atoms with van der Waals surface area (Å²) in [4.78, 5) is 27.3. The zero-order chi connectivity index (χ0) is 19.0. The normalized spacial score (nSPS) is 39.1. The van der Waals surface area contributed by atoms with E-state index < -0.39 is 0 Å². The van der Waals surface area contributed by atoms with Crippen molar-refractivity contribution in [2.75, 3.05) is 6.54 Å². The summed E-state index contributed by atoms with van der Waals surface area (Å²) in [5.41, 5.74) is 6.79. The van der Waals surface area contributed by atoms with Crippen LogP contribution in [0.1, 0.15) is 40.5 Å². The molecule has 7 atom stereocenters. The summed E-state index contributed by atoms with van der Waals surface area (Å²) in [6, 6.07) is -0.195. The quantitative estimate of drug-likeness (QED) is 0.551. The van der Waals surface area contributed by atoms with Gasteiger partial charge in [0, 0.05) is 18.5 Å². The molecule has 0 aromatic carbocycles. The van der Waals surface area contributed by atoms with Gasteiger partial charge in [-0.2, -0.15) is 0 Å². The molecule has 26 heavy (non-hydrogen) atoms. The average Bonchev–Trinajstić information content (AvgIpc) is 3.28. The molecule has 3 fully saturated rings. The van der Waals surface area contributed by atoms with Crippen LogP contribution in [0.5, 0.6) is 0 Å². The summed E-state index contributed by atoms with van der Waals surface area (Å²) in [5.74, 6) is 1.00. The molecule has 2 aliphatic heterocycles. The Bertz CT molecular complexity index is 568. The molecule has 146 valence electrons. The maximum atomic E-state index is 13.1. The first-order valence-electron chi connectivity index (χ1n) is 9.68. The van der Waals surface area contributed by atoms with E-state index in [1.807, 2.05) is 26.8 Å². The maximum absolute atomic E-state index is 13.1. The third kappa shape index (κ3) is 3.92. The van der Waals surface area contributed by atoms with Crippen molar-refractivity contribution in [2.45, 2.75) is 69.5 Å². The first kappa shape index (κ1) is 20.0. The molecule has 2 saturated heterocycles. The molecular formula is C19H32N4O2S. The first-order valence-corrected chi connectivity index (χ1v) is 10.6. The van der Waals surface area contributed by atoms with Crippen molar-refractivity contribution < 1.29 is 9.59 Å². The largest absolute Gasteiger partial charge is 0.304 e. The van der Waals surface area contributed by atoms with Gasteiger partial charge in [0.1, 0.15) is 11.3 Å². The molecule has 0 bridgehead atoms. The Labute approximate surface area is 160 Å². The Morgan fingerprint density at radius 1 is 1.31 bits per heavy atom. The predicted octanol–water partition coefficient (Wildman–Crippen LogP) is 1.49. The third-order valence-electron chi connectivity index (χ3n) is 6.00. The van der Waals surface area contributed by atoms with Crippen LogP contribution in [0.25, 0.3) is 0 Å². The molecule has 0 radical (unpaired) electrons. The van der Waals surface area contributed by atoms with Crippen LogP contribution < -0.4 is 16.2 Å². The number of ketones is 2. The fourth-order valence-corrected chi connectivity index (χ4v) is 5.69. The SMILES string of the molecule is C=CCN1C(SC(C)C(=O)C2NC(C)C(C(C)=O)C2C)NNC1C1CC1. The van der Waals surface area contributed by atoms with Crippen molar-refractivity contribution in [1.29, 1.82) is 0 Å². The van der Waals surface area contributed by atoms with Gasteiger partial charge < -0.3 is 5.32 Å². The van der Waals surface area contributed by atoms with Gasteiger partial charge in [0.25, 0.3) is 0 Å². The van der Waals surface area contributed by atoms with E-state index in [0.717, 1.165) is 6.54 Å². The van der Waals surface area contributed by atoms with E-state index in [9.17, 15) is 9.59 Å². The lowest BCUT2D eigenvalue weighted by Crippen LogP contribution is -2.44. The molecule has 3 N–H and O–H groups in total. The van der Waals surface area contributed by atoms with E-state index >= 15 is 0 Å². The van der Waals surface area contributed by atoms with Crippen molar-refractivity contribution in [3.8, 4) is 0 Å². The molecule has 3 rings (SSSR count). The Hall–Kier alpha value is -0.730. The van der Waals surface area contributed by atoms with Gasteiger partial charge in [-0.1, -0.05) is 13.0 Å². The van der Waals surface area contributed by atoms with Crippen LogP contribution in [0.2, 0.25) is 0 Å². The second-order valence-corrected chi connectivity index (χ2v) is 9.44. The number of carbonyl (C=O) groups is 2. The van der Waals surface area contributed by atoms with E-state index in [2.05, 4.69) is 27.6 Å². The standard InChI is InChI=1S/C19H32N4O2S/c1-6-9-23-18(14-7-8-14)21-22-19(23)26-13(5)17(25)16-10(2)15(12(4)24)11(3)20-16/h6,10-11,13-16,18-22H,1,7-9H2,2-5H3. The van der Waals surface area contributed by atoms with Crippen LogP contribution in [0, 0.1) is 17.8 Å². The molecular weight excluding hydrogens is 348 g/mol. The monoisotopic (exact) mass is 380 g/mol. The fourth-order valence-electron chi connectivity index (χ4n) is 4.52.